The van der Waals surface area contributed by atoms with Crippen LogP contribution in [0.5, 0.6) is 0 Å². The van der Waals surface area contributed by atoms with Crippen molar-refractivity contribution in [3.8, 4) is 0 Å². The number of benzene rings is 1. The van der Waals surface area contributed by atoms with E-state index < -0.39 is 5.97 Å². The van der Waals surface area contributed by atoms with Crippen LogP contribution in [0.25, 0.3) is 0 Å². The highest BCUT2D eigenvalue weighted by Gasteiger charge is 2.30. The maximum absolute atomic E-state index is 11.2. The molecule has 1 saturated carbocycles. The zero-order valence-corrected chi connectivity index (χ0v) is 12.9. The molecule has 1 aliphatic rings. The lowest BCUT2D eigenvalue weighted by atomic mass is 9.74. The highest BCUT2D eigenvalue weighted by molar-refractivity contribution is 5.72. The van der Waals surface area contributed by atoms with Crippen molar-refractivity contribution in [2.45, 2.75) is 51.4 Å². The summed E-state index contributed by atoms with van der Waals surface area (Å²) >= 11 is 0. The lowest BCUT2D eigenvalue weighted by molar-refractivity contribution is -0.142. The van der Waals surface area contributed by atoms with Crippen molar-refractivity contribution < 1.29 is 9.90 Å². The summed E-state index contributed by atoms with van der Waals surface area (Å²) in [5.74, 6) is -0.248. The van der Waals surface area contributed by atoms with Crippen LogP contribution in [-0.2, 0) is 11.2 Å². The Morgan fingerprint density at radius 3 is 2.38 bits per heavy atom. The lowest BCUT2D eigenvalue weighted by Crippen LogP contribution is -2.25. The molecule has 0 radical (unpaired) electrons. The second-order valence-corrected chi connectivity index (χ2v) is 6.20. The predicted molar refractivity (Wildman–Crippen MR) is 86.5 cm³/mol. The summed E-state index contributed by atoms with van der Waals surface area (Å²) in [6, 6.07) is 9.01. The van der Waals surface area contributed by atoms with Gasteiger partial charge in [-0.1, -0.05) is 43.7 Å². The summed E-state index contributed by atoms with van der Waals surface area (Å²) in [5.41, 5.74) is 2.83. The molecule has 1 fully saturated rings. The Morgan fingerprint density at radius 2 is 1.90 bits per heavy atom. The average Bonchev–Trinajstić information content (AvgIpc) is 2.49. The molecule has 0 bridgehead atoms. The molecule has 1 aliphatic carbocycles. The first-order valence-electron chi connectivity index (χ1n) is 8.10. The fourth-order valence-corrected chi connectivity index (χ4v) is 3.55. The maximum Gasteiger partial charge on any atom is 0.310 e. The van der Waals surface area contributed by atoms with E-state index in [1.807, 2.05) is 0 Å². The van der Waals surface area contributed by atoms with E-state index in [2.05, 4.69) is 37.8 Å². The normalized spacial score (nSPS) is 23.5. The first-order chi connectivity index (χ1) is 10.2. The van der Waals surface area contributed by atoms with Crippen molar-refractivity contribution >= 4 is 5.97 Å². The molecule has 0 amide bonds. The molecule has 1 N–H and O–H groups in total. The third kappa shape index (κ3) is 3.96. The molecule has 1 aromatic rings. The number of carbonyl (C=O) groups is 1. The largest absolute Gasteiger partial charge is 0.481 e. The SMILES string of the molecule is C=CC(C(=O)O)C1CCC(c2ccc(CCC)cc2)CC1. The first-order valence-corrected chi connectivity index (χ1v) is 8.10. The minimum Gasteiger partial charge on any atom is -0.481 e. The van der Waals surface area contributed by atoms with E-state index in [-0.39, 0.29) is 11.8 Å². The molecule has 2 nitrogen and oxygen atoms in total. The predicted octanol–water partition coefficient (Wildman–Crippen LogP) is 4.80. The highest BCUT2D eigenvalue weighted by Crippen LogP contribution is 2.39. The van der Waals surface area contributed by atoms with E-state index in [1.165, 1.54) is 17.5 Å². The van der Waals surface area contributed by atoms with E-state index in [1.54, 1.807) is 6.08 Å². The fourth-order valence-electron chi connectivity index (χ4n) is 3.55. The second-order valence-electron chi connectivity index (χ2n) is 6.20. The van der Waals surface area contributed by atoms with Crippen LogP contribution in [-0.4, -0.2) is 11.1 Å². The fraction of sp³-hybridized carbons (Fsp3) is 0.526. The monoisotopic (exact) mass is 286 g/mol. The molecule has 2 heteroatoms. The first kappa shape index (κ1) is 15.8. The number of carboxylic acid groups (broad SMARTS) is 1. The molecule has 1 aromatic carbocycles. The van der Waals surface area contributed by atoms with Crippen LogP contribution in [0.1, 0.15) is 56.1 Å². The van der Waals surface area contributed by atoms with Gasteiger partial charge in [-0.15, -0.1) is 6.58 Å². The Hall–Kier alpha value is -1.57. The quantitative estimate of drug-likeness (QED) is 0.763. The van der Waals surface area contributed by atoms with Gasteiger partial charge >= 0.3 is 5.97 Å². The minimum atomic E-state index is -0.725. The Balaban J connectivity index is 1.94. The van der Waals surface area contributed by atoms with Crippen molar-refractivity contribution in [2.24, 2.45) is 11.8 Å². The van der Waals surface area contributed by atoms with Crippen molar-refractivity contribution in [1.82, 2.24) is 0 Å². The molecule has 2 rings (SSSR count). The Kier molecular flexibility index (Phi) is 5.60. The van der Waals surface area contributed by atoms with Crippen LogP contribution in [0.3, 0.4) is 0 Å². The van der Waals surface area contributed by atoms with E-state index in [4.69, 9.17) is 0 Å². The average molecular weight is 286 g/mol. The van der Waals surface area contributed by atoms with Gasteiger partial charge in [0.15, 0.2) is 0 Å². The summed E-state index contributed by atoms with van der Waals surface area (Å²) in [5, 5.41) is 9.22. The number of aliphatic carboxylic acids is 1. The van der Waals surface area contributed by atoms with Gasteiger partial charge in [0, 0.05) is 0 Å². The Labute approximate surface area is 127 Å². The molecular weight excluding hydrogens is 260 g/mol. The molecule has 114 valence electrons. The van der Waals surface area contributed by atoms with E-state index in [0.29, 0.717) is 5.92 Å². The van der Waals surface area contributed by atoms with Crippen LogP contribution >= 0.6 is 0 Å². The smallest absolute Gasteiger partial charge is 0.310 e. The van der Waals surface area contributed by atoms with Gasteiger partial charge in [0.05, 0.1) is 5.92 Å². The molecule has 21 heavy (non-hydrogen) atoms. The zero-order chi connectivity index (χ0) is 15.2. The van der Waals surface area contributed by atoms with Gasteiger partial charge in [-0.2, -0.15) is 0 Å². The Bertz CT molecular complexity index is 467. The highest BCUT2D eigenvalue weighted by atomic mass is 16.4. The summed E-state index contributed by atoms with van der Waals surface area (Å²) in [6.07, 6.45) is 8.10. The van der Waals surface area contributed by atoms with Gasteiger partial charge < -0.3 is 5.11 Å². The van der Waals surface area contributed by atoms with Crippen LogP contribution < -0.4 is 0 Å². The number of carboxylic acids is 1. The molecule has 0 saturated heterocycles. The summed E-state index contributed by atoms with van der Waals surface area (Å²) in [7, 11) is 0. The second kappa shape index (κ2) is 7.44. The van der Waals surface area contributed by atoms with Crippen molar-refractivity contribution in [2.75, 3.05) is 0 Å². The third-order valence-electron chi connectivity index (χ3n) is 4.81. The van der Waals surface area contributed by atoms with Crippen LogP contribution in [0.2, 0.25) is 0 Å². The molecule has 1 unspecified atom stereocenters. The van der Waals surface area contributed by atoms with Crippen molar-refractivity contribution in [3.63, 3.8) is 0 Å². The number of hydrogen-bond acceptors (Lipinski definition) is 1. The van der Waals surface area contributed by atoms with Gasteiger partial charge in [0.25, 0.3) is 0 Å². The van der Waals surface area contributed by atoms with Gasteiger partial charge in [-0.3, -0.25) is 4.79 Å². The van der Waals surface area contributed by atoms with E-state index >= 15 is 0 Å². The van der Waals surface area contributed by atoms with E-state index in [9.17, 15) is 9.90 Å². The minimum absolute atomic E-state index is 0.260. The summed E-state index contributed by atoms with van der Waals surface area (Å²) in [6.45, 7) is 5.88. The molecule has 0 spiro atoms. The maximum atomic E-state index is 11.2. The van der Waals surface area contributed by atoms with Gasteiger partial charge in [0.1, 0.15) is 0 Å². The molecular formula is C19H26O2. The number of aryl methyl sites for hydroxylation is 1. The standard InChI is InChI=1S/C19H26O2/c1-3-5-14-6-8-15(9-7-14)16-10-12-17(13-11-16)18(4-2)19(20)21/h4,6-9,16-18H,2-3,5,10-13H2,1H3,(H,20,21). The molecule has 0 aromatic heterocycles. The number of rotatable bonds is 6. The molecule has 0 heterocycles. The topological polar surface area (TPSA) is 37.3 Å². The third-order valence-corrected chi connectivity index (χ3v) is 4.81. The zero-order valence-electron chi connectivity index (χ0n) is 12.9. The van der Waals surface area contributed by atoms with Crippen LogP contribution in [0.15, 0.2) is 36.9 Å². The van der Waals surface area contributed by atoms with Crippen LogP contribution in [0, 0.1) is 11.8 Å². The van der Waals surface area contributed by atoms with E-state index in [0.717, 1.165) is 32.1 Å². The van der Waals surface area contributed by atoms with Gasteiger partial charge in [-0.05, 0) is 55.1 Å². The summed E-state index contributed by atoms with van der Waals surface area (Å²) in [4.78, 5) is 11.2. The van der Waals surface area contributed by atoms with Crippen LogP contribution in [0.4, 0.5) is 0 Å². The van der Waals surface area contributed by atoms with Gasteiger partial charge in [-0.25, -0.2) is 0 Å². The summed E-state index contributed by atoms with van der Waals surface area (Å²) < 4.78 is 0. The number of hydrogen-bond donors (Lipinski definition) is 1. The van der Waals surface area contributed by atoms with Crippen molar-refractivity contribution in [1.29, 1.82) is 0 Å². The van der Waals surface area contributed by atoms with Gasteiger partial charge in [0.2, 0.25) is 0 Å². The molecule has 0 aliphatic heterocycles. The lowest BCUT2D eigenvalue weighted by Gasteiger charge is -2.31. The Morgan fingerprint density at radius 1 is 1.29 bits per heavy atom. The molecule has 1 atom stereocenters. The van der Waals surface area contributed by atoms with Crippen molar-refractivity contribution in [3.05, 3.63) is 48.0 Å².